The Hall–Kier alpha value is -2.19. The number of amides is 1. The Morgan fingerprint density at radius 3 is 2.64 bits per heavy atom. The molecule has 6 nitrogen and oxygen atoms in total. The zero-order chi connectivity index (χ0) is 18.2. The van der Waals surface area contributed by atoms with Crippen LogP contribution in [0.25, 0.3) is 0 Å². The van der Waals surface area contributed by atoms with Gasteiger partial charge in [-0.1, -0.05) is 0 Å². The number of benzene rings is 2. The van der Waals surface area contributed by atoms with Crippen molar-refractivity contribution in [3.05, 3.63) is 46.4 Å². The van der Waals surface area contributed by atoms with Crippen molar-refractivity contribution >= 4 is 39.8 Å². The summed E-state index contributed by atoms with van der Waals surface area (Å²) in [4.78, 5) is 12.8. The monoisotopic (exact) mass is 424 g/mol. The minimum absolute atomic E-state index is 0.0199. The lowest BCUT2D eigenvalue weighted by atomic mass is 10.2. The van der Waals surface area contributed by atoms with Crippen LogP contribution in [0.4, 0.5) is 0 Å². The normalized spacial score (nSPS) is 10.7. The van der Waals surface area contributed by atoms with E-state index >= 15 is 0 Å². The Morgan fingerprint density at radius 1 is 1.28 bits per heavy atom. The molecule has 0 bridgehead atoms. The number of nitrogens with one attached hydrogen (secondary N) is 1. The molecule has 0 atom stereocenters. The minimum Gasteiger partial charge on any atom is -0.504 e. The van der Waals surface area contributed by atoms with Gasteiger partial charge in [-0.3, -0.25) is 4.79 Å². The fourth-order valence-electron chi connectivity index (χ4n) is 1.85. The predicted octanol–water partition coefficient (Wildman–Crippen LogP) is 3.41. The van der Waals surface area contributed by atoms with Gasteiger partial charge in [-0.15, -0.1) is 11.8 Å². The van der Waals surface area contributed by atoms with Gasteiger partial charge < -0.3 is 14.6 Å². The second-order valence-electron chi connectivity index (χ2n) is 4.80. The molecule has 25 heavy (non-hydrogen) atoms. The average molecular weight is 425 g/mol. The summed E-state index contributed by atoms with van der Waals surface area (Å²) in [5, 5.41) is 13.6. The molecule has 8 heteroatoms. The third kappa shape index (κ3) is 5.68. The van der Waals surface area contributed by atoms with Crippen LogP contribution in [0.3, 0.4) is 0 Å². The summed E-state index contributed by atoms with van der Waals surface area (Å²) >= 11 is 4.72. The van der Waals surface area contributed by atoms with Gasteiger partial charge in [0.25, 0.3) is 0 Å². The van der Waals surface area contributed by atoms with Gasteiger partial charge in [-0.2, -0.15) is 5.10 Å². The Balaban J connectivity index is 1.87. The lowest BCUT2D eigenvalue weighted by molar-refractivity contribution is -0.118. The minimum atomic E-state index is -0.223. The van der Waals surface area contributed by atoms with Gasteiger partial charge in [0, 0.05) is 14.9 Å². The van der Waals surface area contributed by atoms with E-state index in [0.29, 0.717) is 15.8 Å². The molecule has 0 saturated heterocycles. The van der Waals surface area contributed by atoms with Crippen LogP contribution in [-0.4, -0.2) is 37.2 Å². The van der Waals surface area contributed by atoms with Gasteiger partial charge in [0.05, 0.1) is 26.2 Å². The highest BCUT2D eigenvalue weighted by Gasteiger charge is 2.07. The molecule has 2 aromatic rings. The number of nitrogens with zero attached hydrogens (tertiary/aromatic N) is 1. The summed E-state index contributed by atoms with van der Waals surface area (Å²) in [7, 11) is 3.07. The van der Waals surface area contributed by atoms with Gasteiger partial charge in [0.15, 0.2) is 11.5 Å². The molecule has 0 heterocycles. The highest BCUT2D eigenvalue weighted by atomic mass is 79.9. The zero-order valence-electron chi connectivity index (χ0n) is 13.7. The summed E-state index contributed by atoms with van der Waals surface area (Å²) in [6, 6.07) is 10.6. The first-order chi connectivity index (χ1) is 12.0. The molecule has 0 aliphatic rings. The van der Waals surface area contributed by atoms with Crippen molar-refractivity contribution in [2.75, 3.05) is 20.0 Å². The second-order valence-corrected chi connectivity index (χ2v) is 6.71. The summed E-state index contributed by atoms with van der Waals surface area (Å²) in [5.74, 6) is 1.13. The van der Waals surface area contributed by atoms with E-state index in [2.05, 4.69) is 26.5 Å². The smallest absolute Gasteiger partial charge is 0.250 e. The molecule has 0 fully saturated rings. The fraction of sp³-hybridized carbons (Fsp3) is 0.176. The lowest BCUT2D eigenvalue weighted by Gasteiger charge is -2.06. The third-order valence-corrected chi connectivity index (χ3v) is 4.82. The number of thioether (sulfide) groups is 1. The second kappa shape index (κ2) is 9.33. The number of hydrogen-bond acceptors (Lipinski definition) is 6. The molecule has 2 rings (SSSR count). The Kier molecular flexibility index (Phi) is 7.15. The summed E-state index contributed by atoms with van der Waals surface area (Å²) in [6.07, 6.45) is 1.47. The number of phenolic OH excluding ortho intramolecular Hbond substituents is 1. The quantitative estimate of drug-likeness (QED) is 0.404. The van der Waals surface area contributed by atoms with Crippen LogP contribution in [0.1, 0.15) is 5.56 Å². The van der Waals surface area contributed by atoms with Crippen LogP contribution in [-0.2, 0) is 4.79 Å². The molecule has 2 N–H and O–H groups in total. The number of rotatable bonds is 7. The molecule has 0 aromatic heterocycles. The third-order valence-electron chi connectivity index (χ3n) is 3.12. The molecule has 1 amide bonds. The van der Waals surface area contributed by atoms with Crippen LogP contribution in [0.5, 0.6) is 17.2 Å². The average Bonchev–Trinajstić information content (AvgIpc) is 2.62. The molecule has 0 radical (unpaired) electrons. The fourth-order valence-corrected chi connectivity index (χ4v) is 2.97. The van der Waals surface area contributed by atoms with Crippen LogP contribution in [0.15, 0.2) is 50.9 Å². The highest BCUT2D eigenvalue weighted by molar-refractivity contribution is 9.10. The number of hydrazone groups is 1. The first-order valence-corrected chi connectivity index (χ1v) is 8.96. The number of halogens is 1. The zero-order valence-corrected chi connectivity index (χ0v) is 16.1. The van der Waals surface area contributed by atoms with Crippen LogP contribution >= 0.6 is 27.7 Å². The maximum atomic E-state index is 11.8. The first kappa shape index (κ1) is 19.1. The first-order valence-electron chi connectivity index (χ1n) is 7.18. The Morgan fingerprint density at radius 2 is 2.00 bits per heavy atom. The van der Waals surface area contributed by atoms with Crippen molar-refractivity contribution in [1.82, 2.24) is 5.43 Å². The van der Waals surface area contributed by atoms with Gasteiger partial charge in [0.2, 0.25) is 5.91 Å². The van der Waals surface area contributed by atoms with E-state index in [1.54, 1.807) is 13.2 Å². The van der Waals surface area contributed by atoms with E-state index in [1.165, 1.54) is 31.2 Å². The van der Waals surface area contributed by atoms with E-state index in [4.69, 9.17) is 9.47 Å². The number of phenols is 1. The molecule has 2 aromatic carbocycles. The molecule has 132 valence electrons. The number of methoxy groups -OCH3 is 2. The van der Waals surface area contributed by atoms with E-state index in [9.17, 15) is 9.90 Å². The number of carbonyl (C=O) groups is 1. The number of carbonyl (C=O) groups excluding carboxylic acids is 1. The van der Waals surface area contributed by atoms with E-state index in [-0.39, 0.29) is 17.4 Å². The molecular formula is C17H17BrN2O4S. The molecule has 0 aliphatic heterocycles. The Labute approximate surface area is 158 Å². The number of ether oxygens (including phenoxy) is 2. The van der Waals surface area contributed by atoms with Crippen molar-refractivity contribution in [2.45, 2.75) is 4.90 Å². The van der Waals surface area contributed by atoms with E-state index < -0.39 is 0 Å². The van der Waals surface area contributed by atoms with Gasteiger partial charge in [0.1, 0.15) is 5.75 Å². The summed E-state index contributed by atoms with van der Waals surface area (Å²) in [6.45, 7) is 0. The molecular weight excluding hydrogens is 408 g/mol. The van der Waals surface area contributed by atoms with Crippen molar-refractivity contribution in [3.8, 4) is 17.2 Å². The lowest BCUT2D eigenvalue weighted by Crippen LogP contribution is -2.19. The van der Waals surface area contributed by atoms with Crippen molar-refractivity contribution in [1.29, 1.82) is 0 Å². The topological polar surface area (TPSA) is 80.2 Å². The van der Waals surface area contributed by atoms with Crippen molar-refractivity contribution in [3.63, 3.8) is 0 Å². The van der Waals surface area contributed by atoms with Crippen molar-refractivity contribution in [2.24, 2.45) is 5.10 Å². The van der Waals surface area contributed by atoms with Crippen LogP contribution in [0.2, 0.25) is 0 Å². The largest absolute Gasteiger partial charge is 0.504 e. The molecule has 0 aliphatic carbocycles. The number of aromatic hydroxyl groups is 1. The predicted molar refractivity (Wildman–Crippen MR) is 102 cm³/mol. The molecule has 0 spiro atoms. The highest BCUT2D eigenvalue weighted by Crippen LogP contribution is 2.31. The van der Waals surface area contributed by atoms with Crippen LogP contribution in [0, 0.1) is 0 Å². The van der Waals surface area contributed by atoms with E-state index in [0.717, 1.165) is 10.6 Å². The van der Waals surface area contributed by atoms with Gasteiger partial charge in [-0.05, 0) is 52.3 Å². The standard InChI is InChI=1S/C17H17BrN2O4S/c1-23-12-3-5-13(6-4-12)25-10-17(22)20-19-9-11-7-16(24-2)15(21)8-14(11)18/h3-9,21H,10H2,1-2H3,(H,20,22). The maximum Gasteiger partial charge on any atom is 0.250 e. The van der Waals surface area contributed by atoms with E-state index in [1.807, 2.05) is 24.3 Å². The molecule has 0 unspecified atom stereocenters. The number of hydrogen-bond donors (Lipinski definition) is 2. The summed E-state index contributed by atoms with van der Waals surface area (Å²) in [5.41, 5.74) is 3.13. The summed E-state index contributed by atoms with van der Waals surface area (Å²) < 4.78 is 10.8. The van der Waals surface area contributed by atoms with Crippen molar-refractivity contribution < 1.29 is 19.4 Å². The molecule has 0 saturated carbocycles. The Bertz CT molecular complexity index is 766. The van der Waals surface area contributed by atoms with Crippen LogP contribution < -0.4 is 14.9 Å². The maximum absolute atomic E-state index is 11.8. The van der Waals surface area contributed by atoms with Gasteiger partial charge in [-0.25, -0.2) is 5.43 Å². The SMILES string of the molecule is COc1ccc(SCC(=O)NN=Cc2cc(OC)c(O)cc2Br)cc1. The van der Waals surface area contributed by atoms with Gasteiger partial charge >= 0.3 is 0 Å².